The van der Waals surface area contributed by atoms with Crippen molar-refractivity contribution < 1.29 is 27.8 Å². The highest BCUT2D eigenvalue weighted by molar-refractivity contribution is 5.86. The van der Waals surface area contributed by atoms with E-state index in [9.17, 15) is 18.3 Å². The van der Waals surface area contributed by atoms with E-state index in [0.29, 0.717) is 12.3 Å². The molecular weight excluding hydrogens is 411 g/mol. The van der Waals surface area contributed by atoms with Crippen molar-refractivity contribution in [2.24, 2.45) is 0 Å². The van der Waals surface area contributed by atoms with Gasteiger partial charge < -0.3 is 19.1 Å². The summed E-state index contributed by atoms with van der Waals surface area (Å²) in [7, 11) is 0. The monoisotopic (exact) mass is 429 g/mol. The highest BCUT2D eigenvalue weighted by Crippen LogP contribution is 2.27. The Morgan fingerprint density at radius 2 is 1.74 bits per heavy atom. The van der Waals surface area contributed by atoms with Crippen LogP contribution in [0.25, 0.3) is 22.2 Å². The van der Waals surface area contributed by atoms with Gasteiger partial charge in [-0.1, -0.05) is 6.07 Å². The smallest absolute Gasteiger partial charge is 0.492 e. The molecule has 0 atom stereocenters. The van der Waals surface area contributed by atoms with Crippen molar-refractivity contribution in [2.45, 2.75) is 19.5 Å². The third-order valence-electron chi connectivity index (χ3n) is 4.65. The molecule has 0 amide bonds. The van der Waals surface area contributed by atoms with Gasteiger partial charge >= 0.3 is 6.36 Å². The molecule has 0 aliphatic heterocycles. The number of ether oxygens (including phenoxy) is 2. The molecule has 6 nitrogen and oxygen atoms in total. The topological polar surface area (TPSA) is 69.4 Å². The second-order valence-electron chi connectivity index (χ2n) is 6.68. The zero-order valence-electron chi connectivity index (χ0n) is 16.2. The van der Waals surface area contributed by atoms with Crippen LogP contribution in [-0.2, 0) is 13.2 Å². The summed E-state index contributed by atoms with van der Waals surface area (Å²) in [6, 6.07) is 13.0. The largest absolute Gasteiger partial charge is 0.573 e. The van der Waals surface area contributed by atoms with Gasteiger partial charge in [0.1, 0.15) is 18.1 Å². The Kier molecular flexibility index (Phi) is 5.77. The second kappa shape index (κ2) is 8.65. The molecule has 0 radical (unpaired) electrons. The highest BCUT2D eigenvalue weighted by Gasteiger charge is 2.30. The van der Waals surface area contributed by atoms with Gasteiger partial charge in [-0.05, 0) is 42.5 Å². The van der Waals surface area contributed by atoms with Crippen molar-refractivity contribution in [3.05, 3.63) is 72.8 Å². The lowest BCUT2D eigenvalue weighted by Gasteiger charge is -2.12. The minimum Gasteiger partial charge on any atom is -0.492 e. The van der Waals surface area contributed by atoms with Crippen LogP contribution in [0.1, 0.15) is 5.69 Å². The number of aliphatic hydroxyl groups is 1. The Labute approximate surface area is 175 Å². The summed E-state index contributed by atoms with van der Waals surface area (Å²) in [6.07, 6.45) is 0.192. The van der Waals surface area contributed by atoms with Gasteiger partial charge in [-0.3, -0.25) is 9.97 Å². The Morgan fingerprint density at radius 3 is 2.42 bits per heavy atom. The summed E-state index contributed by atoms with van der Waals surface area (Å²) >= 11 is 0. The zero-order valence-corrected chi connectivity index (χ0v) is 16.2. The van der Waals surface area contributed by atoms with Crippen molar-refractivity contribution in [1.29, 1.82) is 0 Å². The lowest BCUT2D eigenvalue weighted by Crippen LogP contribution is -2.17. The standard InChI is InChI=1S/C22H18F3N3O3/c23-22(24,25)31-19-4-2-18(3-5-19)30-10-9-28-17(14-29)12-16-11-15(1-6-21(16)28)20-13-26-7-8-27-20/h1-8,11-13,29H,9-10,14H2. The van der Waals surface area contributed by atoms with E-state index < -0.39 is 6.36 Å². The predicted octanol–water partition coefficient (Wildman–Crippen LogP) is 4.57. The summed E-state index contributed by atoms with van der Waals surface area (Å²) in [6.45, 7) is 0.575. The highest BCUT2D eigenvalue weighted by atomic mass is 19.4. The Hall–Kier alpha value is -3.59. The van der Waals surface area contributed by atoms with Crippen LogP contribution in [0.15, 0.2) is 67.1 Å². The molecule has 0 unspecified atom stereocenters. The average Bonchev–Trinajstić information content (AvgIpc) is 3.11. The van der Waals surface area contributed by atoms with Gasteiger partial charge in [0, 0.05) is 34.6 Å². The van der Waals surface area contributed by atoms with E-state index in [1.54, 1.807) is 18.6 Å². The van der Waals surface area contributed by atoms with Crippen molar-refractivity contribution >= 4 is 10.9 Å². The van der Waals surface area contributed by atoms with Crippen LogP contribution in [0.4, 0.5) is 13.2 Å². The third kappa shape index (κ3) is 4.95. The predicted molar refractivity (Wildman–Crippen MR) is 108 cm³/mol. The molecule has 9 heteroatoms. The number of alkyl halides is 3. The molecule has 1 N–H and O–H groups in total. The van der Waals surface area contributed by atoms with Crippen molar-refractivity contribution in [3.63, 3.8) is 0 Å². The van der Waals surface area contributed by atoms with Gasteiger partial charge in [0.05, 0.1) is 25.0 Å². The van der Waals surface area contributed by atoms with E-state index in [1.807, 2.05) is 28.8 Å². The summed E-state index contributed by atoms with van der Waals surface area (Å²) in [5.74, 6) is 0.110. The molecule has 4 aromatic rings. The molecular formula is C22H18F3N3O3. The molecule has 2 aromatic heterocycles. The molecule has 0 saturated carbocycles. The van der Waals surface area contributed by atoms with Crippen LogP contribution in [-0.4, -0.2) is 32.6 Å². The average molecular weight is 429 g/mol. The van der Waals surface area contributed by atoms with E-state index in [4.69, 9.17) is 4.74 Å². The van der Waals surface area contributed by atoms with Gasteiger partial charge in [0.2, 0.25) is 0 Å². The van der Waals surface area contributed by atoms with Crippen LogP contribution in [0.3, 0.4) is 0 Å². The summed E-state index contributed by atoms with van der Waals surface area (Å²) < 4.78 is 48.2. The van der Waals surface area contributed by atoms with Gasteiger partial charge in [-0.15, -0.1) is 13.2 Å². The minimum atomic E-state index is -4.73. The van der Waals surface area contributed by atoms with Gasteiger partial charge in [-0.25, -0.2) is 0 Å². The molecule has 0 spiro atoms. The fraction of sp³-hybridized carbons (Fsp3) is 0.182. The van der Waals surface area contributed by atoms with E-state index in [2.05, 4.69) is 14.7 Å². The Morgan fingerprint density at radius 1 is 0.968 bits per heavy atom. The number of fused-ring (bicyclic) bond motifs is 1. The van der Waals surface area contributed by atoms with Gasteiger partial charge in [0.25, 0.3) is 0 Å². The number of halogens is 3. The number of benzene rings is 2. The molecule has 0 aliphatic carbocycles. The molecule has 4 rings (SSSR count). The van der Waals surface area contributed by atoms with Crippen molar-refractivity contribution in [2.75, 3.05) is 6.61 Å². The number of hydrogen-bond acceptors (Lipinski definition) is 5. The SMILES string of the molecule is OCc1cc2cc(-c3cnccn3)ccc2n1CCOc1ccc(OC(F)(F)F)cc1. The summed E-state index contributed by atoms with van der Waals surface area (Å²) in [5, 5.41) is 10.7. The van der Waals surface area contributed by atoms with Crippen LogP contribution in [0.5, 0.6) is 11.5 Å². The first-order valence-electron chi connectivity index (χ1n) is 9.41. The quantitative estimate of drug-likeness (QED) is 0.466. The lowest BCUT2D eigenvalue weighted by molar-refractivity contribution is -0.274. The van der Waals surface area contributed by atoms with E-state index in [1.165, 1.54) is 24.3 Å². The number of aromatic nitrogens is 3. The first-order chi connectivity index (χ1) is 14.9. The number of rotatable bonds is 7. The first-order valence-corrected chi connectivity index (χ1v) is 9.41. The van der Waals surface area contributed by atoms with Crippen LogP contribution in [0, 0.1) is 0 Å². The molecule has 2 heterocycles. The molecule has 0 fully saturated rings. The van der Waals surface area contributed by atoms with Gasteiger partial charge in [0.15, 0.2) is 0 Å². The fourth-order valence-electron chi connectivity index (χ4n) is 3.32. The lowest BCUT2D eigenvalue weighted by atomic mass is 10.1. The molecule has 0 aliphatic rings. The third-order valence-corrected chi connectivity index (χ3v) is 4.65. The maximum atomic E-state index is 12.2. The molecule has 0 saturated heterocycles. The Bertz CT molecular complexity index is 1160. The molecule has 160 valence electrons. The van der Waals surface area contributed by atoms with Crippen LogP contribution >= 0.6 is 0 Å². The number of hydrogen-bond donors (Lipinski definition) is 1. The first kappa shape index (κ1) is 20.7. The van der Waals surface area contributed by atoms with E-state index >= 15 is 0 Å². The fourth-order valence-corrected chi connectivity index (χ4v) is 3.32. The van der Waals surface area contributed by atoms with E-state index in [-0.39, 0.29) is 19.0 Å². The molecule has 2 aromatic carbocycles. The second-order valence-corrected chi connectivity index (χ2v) is 6.68. The number of nitrogens with zero attached hydrogens (tertiary/aromatic N) is 3. The maximum Gasteiger partial charge on any atom is 0.573 e. The van der Waals surface area contributed by atoms with Crippen LogP contribution < -0.4 is 9.47 Å². The van der Waals surface area contributed by atoms with Crippen molar-refractivity contribution in [3.8, 4) is 22.8 Å². The van der Waals surface area contributed by atoms with E-state index in [0.717, 1.165) is 27.9 Å². The molecule has 0 bridgehead atoms. The summed E-state index contributed by atoms with van der Waals surface area (Å²) in [4.78, 5) is 8.39. The number of aliphatic hydroxyl groups excluding tert-OH is 1. The minimum absolute atomic E-state index is 0.140. The molecule has 31 heavy (non-hydrogen) atoms. The van der Waals surface area contributed by atoms with Crippen LogP contribution in [0.2, 0.25) is 0 Å². The van der Waals surface area contributed by atoms with Gasteiger partial charge in [-0.2, -0.15) is 0 Å². The summed E-state index contributed by atoms with van der Waals surface area (Å²) in [5.41, 5.74) is 3.32. The maximum absolute atomic E-state index is 12.2. The zero-order chi connectivity index (χ0) is 21.8. The van der Waals surface area contributed by atoms with Crippen molar-refractivity contribution in [1.82, 2.24) is 14.5 Å². The normalized spacial score (nSPS) is 11.6. The Balaban J connectivity index is 1.47.